The Morgan fingerprint density at radius 1 is 1.14 bits per heavy atom. The van der Waals surface area contributed by atoms with Crippen molar-refractivity contribution in [2.24, 2.45) is 0 Å². The molecule has 0 saturated carbocycles. The third-order valence-electron chi connectivity index (χ3n) is 4.73. The number of piperidine rings is 1. The molecule has 0 aliphatic carbocycles. The summed E-state index contributed by atoms with van der Waals surface area (Å²) in [5.41, 5.74) is 0. The molecule has 0 aromatic heterocycles. The molecule has 2 aliphatic rings. The molecular formula is C17H23NO4. The summed E-state index contributed by atoms with van der Waals surface area (Å²) < 4.78 is 16.4. The molecule has 2 fully saturated rings. The Hall–Kier alpha value is -1.75. The number of hydrogen-bond donors (Lipinski definition) is 0. The molecule has 0 N–H and O–H groups in total. The maximum absolute atomic E-state index is 12.5. The molecule has 2 unspecified atom stereocenters. The molecule has 5 heteroatoms. The maximum Gasteiger partial charge on any atom is 0.261 e. The number of ether oxygens (including phenoxy) is 3. The van der Waals surface area contributed by atoms with Crippen molar-refractivity contribution in [1.29, 1.82) is 0 Å². The quantitative estimate of drug-likeness (QED) is 0.837. The van der Waals surface area contributed by atoms with E-state index in [4.69, 9.17) is 14.2 Å². The number of rotatable bonds is 5. The first-order valence-corrected chi connectivity index (χ1v) is 7.82. The van der Waals surface area contributed by atoms with Gasteiger partial charge < -0.3 is 19.1 Å². The van der Waals surface area contributed by atoms with Gasteiger partial charge in [-0.05, 0) is 37.8 Å². The fourth-order valence-corrected chi connectivity index (χ4v) is 3.68. The summed E-state index contributed by atoms with van der Waals surface area (Å²) in [6.45, 7) is 0.0605. The number of carbonyl (C=O) groups is 1. The van der Waals surface area contributed by atoms with E-state index in [1.54, 1.807) is 14.2 Å². The molecule has 5 nitrogen and oxygen atoms in total. The van der Waals surface area contributed by atoms with Gasteiger partial charge in [-0.1, -0.05) is 12.1 Å². The van der Waals surface area contributed by atoms with Gasteiger partial charge in [0.15, 0.2) is 18.1 Å². The number of benzene rings is 1. The van der Waals surface area contributed by atoms with E-state index in [-0.39, 0.29) is 18.6 Å². The highest BCUT2D eigenvalue weighted by atomic mass is 16.5. The fourth-order valence-electron chi connectivity index (χ4n) is 3.68. The zero-order valence-electron chi connectivity index (χ0n) is 13.2. The van der Waals surface area contributed by atoms with E-state index in [0.717, 1.165) is 25.7 Å². The second kappa shape index (κ2) is 6.57. The lowest BCUT2D eigenvalue weighted by molar-refractivity contribution is -0.140. The minimum Gasteiger partial charge on any atom is -0.493 e. The lowest BCUT2D eigenvalue weighted by Gasteiger charge is -2.38. The molecule has 3 rings (SSSR count). The summed E-state index contributed by atoms with van der Waals surface area (Å²) in [6, 6.07) is 8.00. The van der Waals surface area contributed by atoms with Crippen LogP contribution in [-0.2, 0) is 9.53 Å². The molecule has 2 heterocycles. The molecule has 1 aromatic carbocycles. The third kappa shape index (κ3) is 2.90. The van der Waals surface area contributed by atoms with Crippen molar-refractivity contribution in [3.63, 3.8) is 0 Å². The highest BCUT2D eigenvalue weighted by Gasteiger charge is 2.43. The Labute approximate surface area is 131 Å². The lowest BCUT2D eigenvalue weighted by Crippen LogP contribution is -2.50. The summed E-state index contributed by atoms with van der Waals surface area (Å²) in [7, 11) is 3.35. The molecule has 120 valence electrons. The van der Waals surface area contributed by atoms with Crippen molar-refractivity contribution in [3.05, 3.63) is 24.3 Å². The van der Waals surface area contributed by atoms with Crippen molar-refractivity contribution < 1.29 is 19.0 Å². The first kappa shape index (κ1) is 15.2. The van der Waals surface area contributed by atoms with Crippen LogP contribution in [0.15, 0.2) is 24.3 Å². The van der Waals surface area contributed by atoms with Crippen LogP contribution in [0.5, 0.6) is 11.5 Å². The van der Waals surface area contributed by atoms with Crippen LogP contribution in [0.25, 0.3) is 0 Å². The Bertz CT molecular complexity index is 519. The van der Waals surface area contributed by atoms with E-state index < -0.39 is 0 Å². The van der Waals surface area contributed by atoms with Crippen LogP contribution < -0.4 is 9.47 Å². The number of hydrogen-bond acceptors (Lipinski definition) is 4. The highest BCUT2D eigenvalue weighted by Crippen LogP contribution is 2.37. The van der Waals surface area contributed by atoms with E-state index in [1.165, 1.54) is 0 Å². The number of para-hydroxylation sites is 2. The maximum atomic E-state index is 12.5. The Kier molecular flexibility index (Phi) is 4.52. The fraction of sp³-hybridized carbons (Fsp3) is 0.588. The van der Waals surface area contributed by atoms with Crippen molar-refractivity contribution in [3.8, 4) is 11.5 Å². The average Bonchev–Trinajstić information content (AvgIpc) is 2.83. The van der Waals surface area contributed by atoms with Gasteiger partial charge in [0, 0.05) is 19.2 Å². The normalized spacial score (nSPS) is 26.8. The predicted octanol–water partition coefficient (Wildman–Crippen LogP) is 2.24. The van der Waals surface area contributed by atoms with Crippen molar-refractivity contribution in [2.45, 2.75) is 43.9 Å². The van der Waals surface area contributed by atoms with Crippen LogP contribution in [0.3, 0.4) is 0 Å². The molecule has 22 heavy (non-hydrogen) atoms. The zero-order valence-corrected chi connectivity index (χ0v) is 13.2. The lowest BCUT2D eigenvalue weighted by atomic mass is 9.99. The van der Waals surface area contributed by atoms with E-state index in [0.29, 0.717) is 23.6 Å². The smallest absolute Gasteiger partial charge is 0.261 e. The summed E-state index contributed by atoms with van der Waals surface area (Å²) in [5.74, 6) is 1.32. The standard InChI is InChI=1S/C17H23NO4/c1-20-14-9-12-7-8-13(10-14)18(12)17(19)11-22-16-6-4-3-5-15(16)21-2/h3-6,12-14H,7-11H2,1-2H3. The summed E-state index contributed by atoms with van der Waals surface area (Å²) >= 11 is 0. The van der Waals surface area contributed by atoms with E-state index in [2.05, 4.69) is 0 Å². The summed E-state index contributed by atoms with van der Waals surface area (Å²) in [6.07, 6.45) is 4.31. The van der Waals surface area contributed by atoms with Crippen molar-refractivity contribution >= 4 is 5.91 Å². The van der Waals surface area contributed by atoms with Gasteiger partial charge in [-0.25, -0.2) is 0 Å². The predicted molar refractivity (Wildman–Crippen MR) is 82.2 cm³/mol. The Morgan fingerprint density at radius 3 is 2.36 bits per heavy atom. The van der Waals surface area contributed by atoms with Crippen molar-refractivity contribution in [2.75, 3.05) is 20.8 Å². The van der Waals surface area contributed by atoms with Gasteiger partial charge in [0.05, 0.1) is 13.2 Å². The second-order valence-corrected chi connectivity index (χ2v) is 5.95. The van der Waals surface area contributed by atoms with Gasteiger partial charge in [-0.15, -0.1) is 0 Å². The molecule has 0 spiro atoms. The van der Waals surface area contributed by atoms with Gasteiger partial charge in [0.2, 0.25) is 0 Å². The van der Waals surface area contributed by atoms with Gasteiger partial charge in [-0.3, -0.25) is 4.79 Å². The van der Waals surface area contributed by atoms with Crippen LogP contribution in [-0.4, -0.2) is 49.8 Å². The van der Waals surface area contributed by atoms with Crippen LogP contribution >= 0.6 is 0 Å². The van der Waals surface area contributed by atoms with Crippen LogP contribution in [0.2, 0.25) is 0 Å². The van der Waals surface area contributed by atoms with E-state index >= 15 is 0 Å². The minimum atomic E-state index is 0.0605. The SMILES string of the molecule is COc1ccccc1OCC(=O)N1C2CCC1CC(OC)C2. The van der Waals surface area contributed by atoms with Gasteiger partial charge in [0.25, 0.3) is 5.91 Å². The first-order chi connectivity index (χ1) is 10.7. The van der Waals surface area contributed by atoms with Gasteiger partial charge in [0.1, 0.15) is 0 Å². The van der Waals surface area contributed by atoms with E-state index in [1.807, 2.05) is 29.2 Å². The van der Waals surface area contributed by atoms with Gasteiger partial charge >= 0.3 is 0 Å². The molecule has 2 saturated heterocycles. The van der Waals surface area contributed by atoms with Gasteiger partial charge in [-0.2, -0.15) is 0 Å². The average molecular weight is 305 g/mol. The summed E-state index contributed by atoms with van der Waals surface area (Å²) in [5, 5.41) is 0. The first-order valence-electron chi connectivity index (χ1n) is 7.82. The number of fused-ring (bicyclic) bond motifs is 2. The monoisotopic (exact) mass is 305 g/mol. The van der Waals surface area contributed by atoms with E-state index in [9.17, 15) is 4.79 Å². The Balaban J connectivity index is 1.61. The third-order valence-corrected chi connectivity index (χ3v) is 4.73. The molecule has 0 radical (unpaired) electrons. The van der Waals surface area contributed by atoms with Crippen LogP contribution in [0.1, 0.15) is 25.7 Å². The highest BCUT2D eigenvalue weighted by molar-refractivity contribution is 5.79. The molecular weight excluding hydrogens is 282 g/mol. The summed E-state index contributed by atoms with van der Waals surface area (Å²) in [4.78, 5) is 14.6. The molecule has 2 aliphatic heterocycles. The number of methoxy groups -OCH3 is 2. The van der Waals surface area contributed by atoms with Crippen molar-refractivity contribution in [1.82, 2.24) is 4.90 Å². The van der Waals surface area contributed by atoms with Crippen LogP contribution in [0.4, 0.5) is 0 Å². The topological polar surface area (TPSA) is 48.0 Å². The number of amides is 1. The molecule has 2 atom stereocenters. The zero-order chi connectivity index (χ0) is 15.5. The second-order valence-electron chi connectivity index (χ2n) is 5.95. The largest absolute Gasteiger partial charge is 0.493 e. The molecule has 2 bridgehead atoms. The minimum absolute atomic E-state index is 0.0605. The Morgan fingerprint density at radius 2 is 1.77 bits per heavy atom. The molecule has 1 amide bonds. The van der Waals surface area contributed by atoms with Crippen LogP contribution in [0, 0.1) is 0 Å². The molecule has 1 aromatic rings. The number of carbonyl (C=O) groups excluding carboxylic acids is 1. The number of nitrogens with zero attached hydrogens (tertiary/aromatic N) is 1.